The van der Waals surface area contributed by atoms with Crippen LogP contribution in [0.4, 0.5) is 14.5 Å². The number of ether oxygens (including phenoxy) is 1. The van der Waals surface area contributed by atoms with E-state index in [9.17, 15) is 13.6 Å². The molecule has 0 saturated heterocycles. The number of halogens is 2. The van der Waals surface area contributed by atoms with Crippen molar-refractivity contribution in [3.8, 4) is 11.6 Å². The van der Waals surface area contributed by atoms with Crippen LogP contribution in [0.5, 0.6) is 11.6 Å². The van der Waals surface area contributed by atoms with E-state index < -0.39 is 11.6 Å². The number of nitrogens with zero attached hydrogens (tertiary/aromatic N) is 1. The first kappa shape index (κ1) is 15.6. The van der Waals surface area contributed by atoms with Crippen molar-refractivity contribution in [3.05, 3.63) is 84.1 Å². The predicted octanol–water partition coefficient (Wildman–Crippen LogP) is 4.40. The standard InChI is InChI=1S/C18H12F2N2O2/c19-15-8-7-14(10-16(15)20)24-17-9-6-13(11-21-17)22-18(23)12-4-2-1-3-5-12/h1-11H,(H,22,23). The minimum Gasteiger partial charge on any atom is -0.439 e. The summed E-state index contributed by atoms with van der Waals surface area (Å²) in [5, 5.41) is 2.70. The Hall–Kier alpha value is -3.28. The average molecular weight is 326 g/mol. The molecule has 0 bridgehead atoms. The zero-order valence-electron chi connectivity index (χ0n) is 12.4. The minimum absolute atomic E-state index is 0.127. The minimum atomic E-state index is -1.00. The maximum absolute atomic E-state index is 13.1. The third-order valence-electron chi connectivity index (χ3n) is 3.14. The zero-order chi connectivity index (χ0) is 16.9. The highest BCUT2D eigenvalue weighted by atomic mass is 19.2. The van der Waals surface area contributed by atoms with Crippen molar-refractivity contribution in [1.82, 2.24) is 4.98 Å². The molecule has 2 aromatic carbocycles. The van der Waals surface area contributed by atoms with Crippen LogP contribution in [0.15, 0.2) is 66.9 Å². The number of pyridine rings is 1. The summed E-state index contributed by atoms with van der Waals surface area (Å²) >= 11 is 0. The zero-order valence-corrected chi connectivity index (χ0v) is 12.4. The molecule has 1 aromatic heterocycles. The number of carbonyl (C=O) groups is 1. The smallest absolute Gasteiger partial charge is 0.255 e. The maximum atomic E-state index is 13.1. The Balaban J connectivity index is 1.67. The number of hydrogen-bond donors (Lipinski definition) is 1. The van der Waals surface area contributed by atoms with Crippen LogP contribution in [-0.2, 0) is 0 Å². The monoisotopic (exact) mass is 326 g/mol. The van der Waals surface area contributed by atoms with Crippen LogP contribution in [0, 0.1) is 11.6 Å². The first-order valence-corrected chi connectivity index (χ1v) is 7.07. The van der Waals surface area contributed by atoms with E-state index >= 15 is 0 Å². The fourth-order valence-corrected chi connectivity index (χ4v) is 1.97. The maximum Gasteiger partial charge on any atom is 0.255 e. The predicted molar refractivity (Wildman–Crippen MR) is 85.1 cm³/mol. The summed E-state index contributed by atoms with van der Waals surface area (Å²) < 4.78 is 31.3. The van der Waals surface area contributed by atoms with Crippen LogP contribution in [0.3, 0.4) is 0 Å². The van der Waals surface area contributed by atoms with Crippen molar-refractivity contribution in [3.63, 3.8) is 0 Å². The number of aromatic nitrogens is 1. The summed E-state index contributed by atoms with van der Waals surface area (Å²) in [4.78, 5) is 16.0. The Kier molecular flexibility index (Phi) is 4.47. The van der Waals surface area contributed by atoms with Gasteiger partial charge in [-0.15, -0.1) is 0 Å². The molecule has 0 radical (unpaired) electrons. The molecule has 0 unspecified atom stereocenters. The highest BCUT2D eigenvalue weighted by molar-refractivity contribution is 6.04. The second-order valence-electron chi connectivity index (χ2n) is 4.88. The third kappa shape index (κ3) is 3.73. The quantitative estimate of drug-likeness (QED) is 0.773. The van der Waals surface area contributed by atoms with Gasteiger partial charge in [0.05, 0.1) is 11.9 Å². The van der Waals surface area contributed by atoms with Gasteiger partial charge >= 0.3 is 0 Å². The number of benzene rings is 2. The van der Waals surface area contributed by atoms with E-state index in [-0.39, 0.29) is 17.5 Å². The fourth-order valence-electron chi connectivity index (χ4n) is 1.97. The molecular weight excluding hydrogens is 314 g/mol. The van der Waals surface area contributed by atoms with Gasteiger partial charge in [-0.1, -0.05) is 18.2 Å². The molecule has 0 aliphatic carbocycles. The molecule has 0 aliphatic heterocycles. The lowest BCUT2D eigenvalue weighted by molar-refractivity contribution is 0.102. The van der Waals surface area contributed by atoms with Gasteiger partial charge in [-0.3, -0.25) is 4.79 Å². The van der Waals surface area contributed by atoms with Crippen LogP contribution in [0.1, 0.15) is 10.4 Å². The number of anilines is 1. The highest BCUT2D eigenvalue weighted by Gasteiger charge is 2.07. The lowest BCUT2D eigenvalue weighted by Gasteiger charge is -2.07. The van der Waals surface area contributed by atoms with Crippen LogP contribution < -0.4 is 10.1 Å². The molecule has 4 nitrogen and oxygen atoms in total. The number of nitrogens with one attached hydrogen (secondary N) is 1. The molecule has 0 fully saturated rings. The van der Waals surface area contributed by atoms with Crippen LogP contribution in [-0.4, -0.2) is 10.9 Å². The van der Waals surface area contributed by atoms with Crippen LogP contribution >= 0.6 is 0 Å². The first-order valence-electron chi connectivity index (χ1n) is 7.07. The van der Waals surface area contributed by atoms with Crippen molar-refractivity contribution in [2.45, 2.75) is 0 Å². The molecule has 6 heteroatoms. The van der Waals surface area contributed by atoms with Crippen LogP contribution in [0.25, 0.3) is 0 Å². The van der Waals surface area contributed by atoms with Gasteiger partial charge < -0.3 is 10.1 Å². The van der Waals surface area contributed by atoms with Crippen molar-refractivity contribution in [1.29, 1.82) is 0 Å². The summed E-state index contributed by atoms with van der Waals surface area (Å²) in [5.74, 6) is -1.89. The molecule has 24 heavy (non-hydrogen) atoms. The van der Waals surface area contributed by atoms with E-state index in [4.69, 9.17) is 4.74 Å². The van der Waals surface area contributed by atoms with Gasteiger partial charge in [-0.2, -0.15) is 0 Å². The molecule has 0 saturated carbocycles. The van der Waals surface area contributed by atoms with E-state index in [1.807, 2.05) is 6.07 Å². The fraction of sp³-hybridized carbons (Fsp3) is 0. The molecule has 0 spiro atoms. The molecule has 120 valence electrons. The Morgan fingerprint density at radius 3 is 2.42 bits per heavy atom. The summed E-state index contributed by atoms with van der Waals surface area (Å²) in [6.07, 6.45) is 1.41. The molecule has 1 amide bonds. The lowest BCUT2D eigenvalue weighted by atomic mass is 10.2. The van der Waals surface area contributed by atoms with Gasteiger partial charge in [-0.25, -0.2) is 13.8 Å². The molecule has 3 aromatic rings. The van der Waals surface area contributed by atoms with Gasteiger partial charge in [0.1, 0.15) is 5.75 Å². The Bertz CT molecular complexity index is 853. The molecule has 1 N–H and O–H groups in total. The Morgan fingerprint density at radius 1 is 0.958 bits per heavy atom. The van der Waals surface area contributed by atoms with Gasteiger partial charge in [0.2, 0.25) is 5.88 Å². The van der Waals surface area contributed by atoms with Gasteiger partial charge in [0.25, 0.3) is 5.91 Å². The van der Waals surface area contributed by atoms with Gasteiger partial charge in [0, 0.05) is 17.7 Å². The molecule has 1 heterocycles. The first-order chi connectivity index (χ1) is 11.6. The van der Waals surface area contributed by atoms with Gasteiger partial charge in [0.15, 0.2) is 11.6 Å². The molecule has 0 aliphatic rings. The van der Waals surface area contributed by atoms with E-state index in [1.54, 1.807) is 30.3 Å². The summed E-state index contributed by atoms with van der Waals surface area (Å²) in [6, 6.07) is 15.1. The second-order valence-corrected chi connectivity index (χ2v) is 4.88. The largest absolute Gasteiger partial charge is 0.439 e. The summed E-state index contributed by atoms with van der Waals surface area (Å²) in [5.41, 5.74) is 1.01. The summed E-state index contributed by atoms with van der Waals surface area (Å²) in [6.45, 7) is 0. The highest BCUT2D eigenvalue weighted by Crippen LogP contribution is 2.22. The topological polar surface area (TPSA) is 51.2 Å². The molecular formula is C18H12F2N2O2. The van der Waals surface area contributed by atoms with E-state index in [2.05, 4.69) is 10.3 Å². The van der Waals surface area contributed by atoms with Crippen molar-refractivity contribution < 1.29 is 18.3 Å². The Morgan fingerprint density at radius 2 is 1.75 bits per heavy atom. The van der Waals surface area contributed by atoms with Crippen LogP contribution in [0.2, 0.25) is 0 Å². The number of amides is 1. The van der Waals surface area contributed by atoms with E-state index in [0.717, 1.165) is 12.1 Å². The Labute approximate surface area is 136 Å². The number of rotatable bonds is 4. The van der Waals surface area contributed by atoms with Crippen molar-refractivity contribution in [2.75, 3.05) is 5.32 Å². The number of carbonyl (C=O) groups excluding carboxylic acids is 1. The molecule has 3 rings (SSSR count). The lowest BCUT2D eigenvalue weighted by Crippen LogP contribution is -2.11. The normalized spacial score (nSPS) is 10.2. The summed E-state index contributed by atoms with van der Waals surface area (Å²) in [7, 11) is 0. The second kappa shape index (κ2) is 6.87. The van der Waals surface area contributed by atoms with Gasteiger partial charge in [-0.05, 0) is 30.3 Å². The van der Waals surface area contributed by atoms with Crippen molar-refractivity contribution >= 4 is 11.6 Å². The van der Waals surface area contributed by atoms with E-state index in [0.29, 0.717) is 11.3 Å². The van der Waals surface area contributed by atoms with E-state index in [1.165, 1.54) is 18.3 Å². The number of hydrogen-bond acceptors (Lipinski definition) is 3. The molecule has 0 atom stereocenters. The van der Waals surface area contributed by atoms with Crippen molar-refractivity contribution in [2.24, 2.45) is 0 Å². The third-order valence-corrected chi connectivity index (χ3v) is 3.14. The average Bonchev–Trinajstić information content (AvgIpc) is 2.61. The SMILES string of the molecule is O=C(Nc1ccc(Oc2ccc(F)c(F)c2)nc1)c1ccccc1.